The van der Waals surface area contributed by atoms with Gasteiger partial charge in [-0.05, 0) is 6.92 Å². The minimum atomic E-state index is -0.324. The van der Waals surface area contributed by atoms with Crippen molar-refractivity contribution in [3.8, 4) is 0 Å². The molecule has 0 fully saturated rings. The smallest absolute Gasteiger partial charge is 0.305 e. The maximum Gasteiger partial charge on any atom is 0.305 e. The highest BCUT2D eigenvalue weighted by Crippen LogP contribution is 2.06. The first kappa shape index (κ1) is 9.94. The van der Waals surface area contributed by atoms with E-state index < -0.39 is 0 Å². The second-order valence-electron chi connectivity index (χ2n) is 2.45. The highest BCUT2D eigenvalue weighted by atomic mass is 32.1. The van der Waals surface area contributed by atoms with E-state index in [4.69, 9.17) is 5.11 Å². The number of aromatic nitrogens is 1. The van der Waals surface area contributed by atoms with Crippen LogP contribution in [0.3, 0.4) is 0 Å². The lowest BCUT2D eigenvalue weighted by atomic mass is 10.4. The normalized spacial score (nSPS) is 10.0. The summed E-state index contributed by atoms with van der Waals surface area (Å²) in [5, 5.41) is 10.9. The van der Waals surface area contributed by atoms with Crippen LogP contribution in [0.15, 0.2) is 4.79 Å². The number of hydrogen-bond acceptors (Lipinski definition) is 4. The van der Waals surface area contributed by atoms with Gasteiger partial charge in [-0.15, -0.1) is 0 Å². The Hall–Kier alpha value is -1.14. The molecule has 0 atom stereocenters. The van der Waals surface area contributed by atoms with Gasteiger partial charge < -0.3 is 15.4 Å². The molecule has 0 aromatic carbocycles. The third-order valence-corrected chi connectivity index (χ3v) is 2.41. The van der Waals surface area contributed by atoms with Crippen LogP contribution in [0.4, 0.5) is 0 Å². The zero-order chi connectivity index (χ0) is 9.84. The van der Waals surface area contributed by atoms with Gasteiger partial charge in [0.2, 0.25) is 0 Å². The minimum absolute atomic E-state index is 0.107. The molecule has 0 bridgehead atoms. The summed E-state index contributed by atoms with van der Waals surface area (Å²) < 4.78 is 0. The summed E-state index contributed by atoms with van der Waals surface area (Å²) in [6.07, 6.45) is 0. The lowest BCUT2D eigenvalue weighted by Gasteiger charge is -1.99. The first-order valence-corrected chi connectivity index (χ1v) is 4.55. The van der Waals surface area contributed by atoms with Gasteiger partial charge in [-0.25, -0.2) is 0 Å². The minimum Gasteiger partial charge on any atom is -0.395 e. The van der Waals surface area contributed by atoms with E-state index in [1.807, 2.05) is 0 Å². The Labute approximate surface area is 78.4 Å². The lowest BCUT2D eigenvalue weighted by molar-refractivity contribution is 0.0948. The molecule has 0 radical (unpaired) electrons. The Balaban J connectivity index is 2.76. The van der Waals surface area contributed by atoms with Gasteiger partial charge in [0, 0.05) is 12.2 Å². The van der Waals surface area contributed by atoms with E-state index >= 15 is 0 Å². The largest absolute Gasteiger partial charge is 0.395 e. The van der Waals surface area contributed by atoms with E-state index in [2.05, 4.69) is 10.3 Å². The zero-order valence-electron chi connectivity index (χ0n) is 7.09. The first-order valence-electron chi connectivity index (χ1n) is 3.74. The molecule has 0 saturated heterocycles. The first-order chi connectivity index (χ1) is 6.15. The van der Waals surface area contributed by atoms with Crippen LogP contribution in [0.25, 0.3) is 0 Å². The van der Waals surface area contributed by atoms with Crippen molar-refractivity contribution in [3.63, 3.8) is 0 Å². The number of carbonyl (C=O) groups excluding carboxylic acids is 1. The number of carbonyl (C=O) groups is 1. The van der Waals surface area contributed by atoms with Gasteiger partial charge in [0.05, 0.1) is 6.61 Å². The van der Waals surface area contributed by atoms with Crippen molar-refractivity contribution in [1.29, 1.82) is 0 Å². The average Bonchev–Trinajstić information content (AvgIpc) is 2.41. The number of H-pyrrole nitrogens is 1. The van der Waals surface area contributed by atoms with Crippen molar-refractivity contribution in [2.24, 2.45) is 0 Å². The third kappa shape index (κ3) is 2.40. The number of aryl methyl sites for hydroxylation is 1. The molecular formula is C7H10N2O3S. The van der Waals surface area contributed by atoms with Gasteiger partial charge in [-0.3, -0.25) is 9.59 Å². The zero-order valence-corrected chi connectivity index (χ0v) is 7.90. The van der Waals surface area contributed by atoms with E-state index in [0.29, 0.717) is 10.6 Å². The van der Waals surface area contributed by atoms with Crippen LogP contribution in [0, 0.1) is 6.92 Å². The Morgan fingerprint density at radius 3 is 2.85 bits per heavy atom. The molecule has 1 aromatic rings. The quantitative estimate of drug-likeness (QED) is 0.616. The fourth-order valence-electron chi connectivity index (χ4n) is 0.871. The van der Waals surface area contributed by atoms with E-state index in [-0.39, 0.29) is 23.9 Å². The molecule has 6 heteroatoms. The summed E-state index contributed by atoms with van der Waals surface area (Å²) in [6, 6.07) is 0. The summed E-state index contributed by atoms with van der Waals surface area (Å²) >= 11 is 0.868. The van der Waals surface area contributed by atoms with Crippen molar-refractivity contribution in [1.82, 2.24) is 10.3 Å². The summed E-state index contributed by atoms with van der Waals surface area (Å²) in [6.45, 7) is 1.75. The van der Waals surface area contributed by atoms with Crippen molar-refractivity contribution < 1.29 is 9.90 Å². The van der Waals surface area contributed by atoms with Crippen LogP contribution in [0.1, 0.15) is 15.4 Å². The third-order valence-electron chi connectivity index (χ3n) is 1.43. The molecule has 3 N–H and O–H groups in total. The van der Waals surface area contributed by atoms with Crippen molar-refractivity contribution in [3.05, 3.63) is 20.2 Å². The monoisotopic (exact) mass is 202 g/mol. The molecule has 1 amide bonds. The highest BCUT2D eigenvalue weighted by Gasteiger charge is 2.11. The molecule has 13 heavy (non-hydrogen) atoms. The second-order valence-corrected chi connectivity index (χ2v) is 3.43. The van der Waals surface area contributed by atoms with Crippen LogP contribution in [-0.2, 0) is 0 Å². The molecule has 1 aromatic heterocycles. The number of hydrogen-bond donors (Lipinski definition) is 3. The van der Waals surface area contributed by atoms with E-state index in [1.54, 1.807) is 6.92 Å². The molecule has 0 saturated carbocycles. The molecule has 1 heterocycles. The SMILES string of the molecule is Cc1[nH]c(=O)sc1C(=O)NCCO. The van der Waals surface area contributed by atoms with E-state index in [9.17, 15) is 9.59 Å². The molecule has 0 unspecified atom stereocenters. The number of nitrogens with one attached hydrogen (secondary N) is 2. The van der Waals surface area contributed by atoms with Gasteiger partial charge in [0.15, 0.2) is 0 Å². The molecule has 0 aliphatic heterocycles. The Morgan fingerprint density at radius 2 is 2.38 bits per heavy atom. The molecular weight excluding hydrogens is 192 g/mol. The molecule has 0 aliphatic rings. The van der Waals surface area contributed by atoms with Crippen LogP contribution >= 0.6 is 11.3 Å². The molecule has 1 rings (SSSR count). The van der Waals surface area contributed by atoms with Gasteiger partial charge in [0.1, 0.15) is 4.88 Å². The lowest BCUT2D eigenvalue weighted by Crippen LogP contribution is -2.26. The predicted molar refractivity (Wildman–Crippen MR) is 49.1 cm³/mol. The van der Waals surface area contributed by atoms with Gasteiger partial charge in [-0.2, -0.15) is 0 Å². The maximum atomic E-state index is 11.3. The van der Waals surface area contributed by atoms with Crippen molar-refractivity contribution in [2.75, 3.05) is 13.2 Å². The van der Waals surface area contributed by atoms with Crippen LogP contribution in [0.2, 0.25) is 0 Å². The molecule has 72 valence electrons. The highest BCUT2D eigenvalue weighted by molar-refractivity contribution is 7.11. The summed E-state index contributed by atoms with van der Waals surface area (Å²) in [5.41, 5.74) is 0.561. The number of aliphatic hydroxyl groups is 1. The number of thiazole rings is 1. The topological polar surface area (TPSA) is 82.2 Å². The van der Waals surface area contributed by atoms with Crippen LogP contribution in [-0.4, -0.2) is 29.1 Å². The molecule has 0 aliphatic carbocycles. The Bertz CT molecular complexity index is 355. The van der Waals surface area contributed by atoms with E-state index in [1.165, 1.54) is 0 Å². The summed E-state index contributed by atoms with van der Waals surface area (Å²) in [7, 11) is 0. The summed E-state index contributed by atoms with van der Waals surface area (Å²) in [5.74, 6) is -0.324. The molecule has 5 nitrogen and oxygen atoms in total. The van der Waals surface area contributed by atoms with E-state index in [0.717, 1.165) is 11.3 Å². The van der Waals surface area contributed by atoms with Gasteiger partial charge in [-0.1, -0.05) is 11.3 Å². The van der Waals surface area contributed by atoms with Crippen LogP contribution in [0.5, 0.6) is 0 Å². The van der Waals surface area contributed by atoms with Crippen LogP contribution < -0.4 is 10.2 Å². The van der Waals surface area contributed by atoms with Crippen molar-refractivity contribution >= 4 is 17.2 Å². The Kier molecular flexibility index (Phi) is 3.21. The average molecular weight is 202 g/mol. The second kappa shape index (κ2) is 4.20. The standard InChI is InChI=1S/C7H10N2O3S/c1-4-5(13-7(12)9-4)6(11)8-2-3-10/h10H,2-3H2,1H3,(H,8,11)(H,9,12). The predicted octanol–water partition coefficient (Wildman–Crippen LogP) is -0.533. The fourth-order valence-corrected chi connectivity index (χ4v) is 1.63. The maximum absolute atomic E-state index is 11.3. The number of aliphatic hydroxyl groups excluding tert-OH is 1. The fraction of sp³-hybridized carbons (Fsp3) is 0.429. The molecule has 0 spiro atoms. The number of aromatic amines is 1. The summed E-state index contributed by atoms with van der Waals surface area (Å²) in [4.78, 5) is 24.7. The van der Waals surface area contributed by atoms with Gasteiger partial charge in [0.25, 0.3) is 5.91 Å². The number of amides is 1. The van der Waals surface area contributed by atoms with Gasteiger partial charge >= 0.3 is 4.87 Å². The Morgan fingerprint density at radius 1 is 1.69 bits per heavy atom. The van der Waals surface area contributed by atoms with Crippen molar-refractivity contribution in [2.45, 2.75) is 6.92 Å². The number of rotatable bonds is 3.